The quantitative estimate of drug-likeness (QED) is 0.544. The van der Waals surface area contributed by atoms with Gasteiger partial charge in [0, 0.05) is 31.1 Å². The predicted octanol–water partition coefficient (Wildman–Crippen LogP) is 1.09. The summed E-state index contributed by atoms with van der Waals surface area (Å²) in [5, 5.41) is 19.9. The SMILES string of the molecule is Cc1cc(C(N)O)nc(-c2cccc(C#C[C@]3(O)CCN(C)C3=O)c2)c1F. The predicted molar refractivity (Wildman–Crippen MR) is 97.6 cm³/mol. The molecule has 0 bridgehead atoms. The molecule has 1 aromatic carbocycles. The smallest absolute Gasteiger partial charge is 0.267 e. The average molecular weight is 369 g/mol. The molecule has 0 saturated carbocycles. The van der Waals surface area contributed by atoms with Gasteiger partial charge in [0.15, 0.2) is 5.82 Å². The van der Waals surface area contributed by atoms with E-state index < -0.39 is 23.6 Å². The number of carbonyl (C=O) groups is 1. The van der Waals surface area contributed by atoms with Crippen LogP contribution in [-0.2, 0) is 4.79 Å². The van der Waals surface area contributed by atoms with Gasteiger partial charge in [-0.1, -0.05) is 24.0 Å². The van der Waals surface area contributed by atoms with E-state index in [4.69, 9.17) is 5.73 Å². The molecule has 0 radical (unpaired) electrons. The molecule has 2 heterocycles. The number of pyridine rings is 1. The van der Waals surface area contributed by atoms with Crippen LogP contribution in [0.25, 0.3) is 11.3 Å². The second-order valence-electron chi connectivity index (χ2n) is 6.64. The Hall–Kier alpha value is -2.79. The summed E-state index contributed by atoms with van der Waals surface area (Å²) in [6, 6.07) is 8.03. The van der Waals surface area contributed by atoms with Gasteiger partial charge < -0.3 is 20.8 Å². The number of rotatable bonds is 2. The number of hydrogen-bond acceptors (Lipinski definition) is 5. The first-order valence-electron chi connectivity index (χ1n) is 8.43. The molecule has 1 amide bonds. The van der Waals surface area contributed by atoms with Crippen molar-refractivity contribution in [3.05, 3.63) is 53.0 Å². The lowest BCUT2D eigenvalue weighted by Crippen LogP contribution is -2.37. The van der Waals surface area contributed by atoms with Gasteiger partial charge in [-0.25, -0.2) is 9.37 Å². The second-order valence-corrected chi connectivity index (χ2v) is 6.64. The van der Waals surface area contributed by atoms with Crippen molar-refractivity contribution in [2.24, 2.45) is 5.73 Å². The van der Waals surface area contributed by atoms with Crippen molar-refractivity contribution in [1.82, 2.24) is 9.88 Å². The number of likely N-dealkylation sites (tertiary alicyclic amines) is 1. The Bertz CT molecular complexity index is 965. The van der Waals surface area contributed by atoms with Gasteiger partial charge >= 0.3 is 0 Å². The van der Waals surface area contributed by atoms with E-state index in [1.54, 1.807) is 38.2 Å². The second kappa shape index (κ2) is 7.08. The monoisotopic (exact) mass is 369 g/mol. The molecule has 1 fully saturated rings. The van der Waals surface area contributed by atoms with Crippen LogP contribution in [0, 0.1) is 24.6 Å². The van der Waals surface area contributed by atoms with Gasteiger partial charge in [-0.3, -0.25) is 4.79 Å². The lowest BCUT2D eigenvalue weighted by atomic mass is 10.0. The summed E-state index contributed by atoms with van der Waals surface area (Å²) >= 11 is 0. The van der Waals surface area contributed by atoms with E-state index >= 15 is 0 Å². The molecule has 7 heteroatoms. The summed E-state index contributed by atoms with van der Waals surface area (Å²) in [7, 11) is 1.61. The van der Waals surface area contributed by atoms with Gasteiger partial charge in [0.05, 0.1) is 5.69 Å². The summed E-state index contributed by atoms with van der Waals surface area (Å²) in [5.74, 6) is 4.47. The molecular formula is C20H20FN3O3. The van der Waals surface area contributed by atoms with E-state index in [1.165, 1.54) is 11.0 Å². The molecular weight excluding hydrogens is 349 g/mol. The first kappa shape index (κ1) is 19.0. The highest BCUT2D eigenvalue weighted by Crippen LogP contribution is 2.26. The minimum absolute atomic E-state index is 0.0496. The molecule has 1 aromatic heterocycles. The van der Waals surface area contributed by atoms with Crippen molar-refractivity contribution in [2.75, 3.05) is 13.6 Å². The van der Waals surface area contributed by atoms with Crippen molar-refractivity contribution in [1.29, 1.82) is 0 Å². The molecule has 3 rings (SSSR count). The number of amides is 1. The van der Waals surface area contributed by atoms with Crippen LogP contribution in [0.1, 0.15) is 29.5 Å². The third-order valence-corrected chi connectivity index (χ3v) is 4.52. The number of nitrogens with two attached hydrogens (primary N) is 1. The molecule has 1 unspecified atom stereocenters. The Morgan fingerprint density at radius 2 is 2.15 bits per heavy atom. The lowest BCUT2D eigenvalue weighted by molar-refractivity contribution is -0.137. The molecule has 0 aliphatic carbocycles. The Morgan fingerprint density at radius 1 is 1.41 bits per heavy atom. The molecule has 4 N–H and O–H groups in total. The van der Waals surface area contributed by atoms with E-state index in [9.17, 15) is 19.4 Å². The fourth-order valence-corrected chi connectivity index (χ4v) is 2.91. The molecule has 1 saturated heterocycles. The number of likely N-dealkylation sites (N-methyl/N-ethyl adjacent to an activating group) is 1. The Morgan fingerprint density at radius 3 is 2.78 bits per heavy atom. The number of aromatic nitrogens is 1. The van der Waals surface area contributed by atoms with Crippen LogP contribution in [0.4, 0.5) is 4.39 Å². The fourth-order valence-electron chi connectivity index (χ4n) is 2.91. The van der Waals surface area contributed by atoms with E-state index in [0.29, 0.717) is 23.2 Å². The van der Waals surface area contributed by atoms with Crippen LogP contribution in [0.5, 0.6) is 0 Å². The number of benzene rings is 1. The Balaban J connectivity index is 1.99. The number of carbonyl (C=O) groups excluding carboxylic acids is 1. The van der Waals surface area contributed by atoms with Gasteiger partial charge in [0.2, 0.25) is 5.60 Å². The van der Waals surface area contributed by atoms with Crippen molar-refractivity contribution < 1.29 is 19.4 Å². The first-order valence-corrected chi connectivity index (χ1v) is 8.43. The van der Waals surface area contributed by atoms with Gasteiger partial charge in [-0.15, -0.1) is 0 Å². The summed E-state index contributed by atoms with van der Waals surface area (Å²) < 4.78 is 14.5. The number of hydrogen-bond donors (Lipinski definition) is 3. The van der Waals surface area contributed by atoms with E-state index in [2.05, 4.69) is 16.8 Å². The van der Waals surface area contributed by atoms with Crippen molar-refractivity contribution in [2.45, 2.75) is 25.2 Å². The van der Waals surface area contributed by atoms with E-state index in [-0.39, 0.29) is 17.8 Å². The first-order chi connectivity index (χ1) is 12.7. The maximum absolute atomic E-state index is 14.5. The number of aliphatic hydroxyl groups excluding tert-OH is 1. The molecule has 140 valence electrons. The van der Waals surface area contributed by atoms with Crippen LogP contribution < -0.4 is 5.73 Å². The Labute approximate surface area is 156 Å². The van der Waals surface area contributed by atoms with Gasteiger partial charge in [0.1, 0.15) is 11.9 Å². The third kappa shape index (κ3) is 3.69. The van der Waals surface area contributed by atoms with Gasteiger partial charge in [-0.2, -0.15) is 0 Å². The van der Waals surface area contributed by atoms with Crippen molar-refractivity contribution >= 4 is 5.91 Å². The molecule has 0 spiro atoms. The van der Waals surface area contributed by atoms with Crippen LogP contribution in [0.3, 0.4) is 0 Å². The molecule has 1 aliphatic rings. The van der Waals surface area contributed by atoms with Crippen molar-refractivity contribution in [3.8, 4) is 23.1 Å². The summed E-state index contributed by atoms with van der Waals surface area (Å²) in [6.45, 7) is 2.00. The minimum Gasteiger partial charge on any atom is -0.373 e. The van der Waals surface area contributed by atoms with E-state index in [1.807, 2.05) is 0 Å². The highest BCUT2D eigenvalue weighted by atomic mass is 19.1. The summed E-state index contributed by atoms with van der Waals surface area (Å²) in [5.41, 5.74) is 5.22. The van der Waals surface area contributed by atoms with Crippen LogP contribution in [-0.4, -0.2) is 45.2 Å². The molecule has 6 nitrogen and oxygen atoms in total. The average Bonchev–Trinajstić information content (AvgIpc) is 2.90. The summed E-state index contributed by atoms with van der Waals surface area (Å²) in [6.07, 6.45) is -1.08. The summed E-state index contributed by atoms with van der Waals surface area (Å²) in [4.78, 5) is 17.5. The minimum atomic E-state index is -1.70. The standard InChI is InChI=1S/C20H20FN3O3/c1-12-10-15(18(22)25)23-17(16(12)21)14-5-3-4-13(11-14)6-7-20(27)8-9-24(2)19(20)26/h3-5,10-11,18,25,27H,8-9,22H2,1-2H3/t18?,20-/m0/s1. The van der Waals surface area contributed by atoms with Gasteiger partial charge in [-0.05, 0) is 30.7 Å². The third-order valence-electron chi connectivity index (χ3n) is 4.52. The molecule has 27 heavy (non-hydrogen) atoms. The maximum Gasteiger partial charge on any atom is 0.267 e. The lowest BCUT2D eigenvalue weighted by Gasteiger charge is -2.13. The topological polar surface area (TPSA) is 99.7 Å². The maximum atomic E-state index is 14.5. The van der Waals surface area contributed by atoms with Crippen LogP contribution >= 0.6 is 0 Å². The fraction of sp³-hybridized carbons (Fsp3) is 0.300. The number of aryl methyl sites for hydroxylation is 1. The molecule has 2 aromatic rings. The largest absolute Gasteiger partial charge is 0.373 e. The zero-order valence-electron chi connectivity index (χ0n) is 15.0. The molecule has 2 atom stereocenters. The zero-order chi connectivity index (χ0) is 19.8. The zero-order valence-corrected chi connectivity index (χ0v) is 15.0. The van der Waals surface area contributed by atoms with Crippen LogP contribution in [0.15, 0.2) is 30.3 Å². The number of aliphatic hydroxyl groups is 2. The molecule has 1 aliphatic heterocycles. The van der Waals surface area contributed by atoms with Crippen molar-refractivity contribution in [3.63, 3.8) is 0 Å². The van der Waals surface area contributed by atoms with Crippen LogP contribution in [0.2, 0.25) is 0 Å². The number of nitrogens with zero attached hydrogens (tertiary/aromatic N) is 2. The van der Waals surface area contributed by atoms with Gasteiger partial charge in [0.25, 0.3) is 5.91 Å². The number of halogens is 1. The highest BCUT2D eigenvalue weighted by molar-refractivity contribution is 5.90. The Kier molecular flexibility index (Phi) is 4.98. The normalized spacial score (nSPS) is 20.4. The highest BCUT2D eigenvalue weighted by Gasteiger charge is 2.42. The van der Waals surface area contributed by atoms with E-state index in [0.717, 1.165) is 0 Å².